The van der Waals surface area contributed by atoms with Crippen LogP contribution in [0.3, 0.4) is 0 Å². The van der Waals surface area contributed by atoms with Crippen LogP contribution < -0.4 is 4.90 Å². The molecular formula is C15H15Cl2NOS. The minimum absolute atomic E-state index is 0.0134. The highest BCUT2D eigenvalue weighted by Gasteiger charge is 2.17. The summed E-state index contributed by atoms with van der Waals surface area (Å²) in [5.74, 6) is -0.0134. The highest BCUT2D eigenvalue weighted by Crippen LogP contribution is 2.31. The van der Waals surface area contributed by atoms with Crippen molar-refractivity contribution in [3.63, 3.8) is 0 Å². The van der Waals surface area contributed by atoms with Gasteiger partial charge in [-0.05, 0) is 32.0 Å². The van der Waals surface area contributed by atoms with Crippen molar-refractivity contribution in [1.82, 2.24) is 0 Å². The fourth-order valence-electron chi connectivity index (χ4n) is 1.93. The maximum absolute atomic E-state index is 12.3. The lowest BCUT2D eigenvalue weighted by Gasteiger charge is -2.22. The SMILES string of the molecule is CCN(CC(=O)c1cc(Cl)sc1Cl)c1ccc(C)cc1. The number of nitrogens with zero attached hydrogens (tertiary/aromatic N) is 1. The van der Waals surface area contributed by atoms with Crippen molar-refractivity contribution in [2.45, 2.75) is 13.8 Å². The lowest BCUT2D eigenvalue weighted by atomic mass is 10.1. The molecule has 106 valence electrons. The monoisotopic (exact) mass is 327 g/mol. The number of anilines is 1. The number of carbonyl (C=O) groups is 1. The van der Waals surface area contributed by atoms with Gasteiger partial charge < -0.3 is 4.90 Å². The number of rotatable bonds is 5. The summed E-state index contributed by atoms with van der Waals surface area (Å²) >= 11 is 13.1. The molecule has 2 nitrogen and oxygen atoms in total. The van der Waals surface area contributed by atoms with Crippen molar-refractivity contribution in [3.8, 4) is 0 Å². The highest BCUT2D eigenvalue weighted by atomic mass is 35.5. The Bertz CT molecular complexity index is 607. The van der Waals surface area contributed by atoms with Crippen LogP contribution in [0.5, 0.6) is 0 Å². The Kier molecular flexibility index (Phi) is 5.08. The first kappa shape index (κ1) is 15.4. The first-order valence-corrected chi connectivity index (χ1v) is 7.88. The van der Waals surface area contributed by atoms with Crippen LogP contribution in [0.1, 0.15) is 22.8 Å². The maximum atomic E-state index is 12.3. The fourth-order valence-corrected chi connectivity index (χ4v) is 3.43. The molecule has 2 aromatic rings. The van der Waals surface area contributed by atoms with Crippen LogP contribution in [0.15, 0.2) is 30.3 Å². The molecule has 0 unspecified atom stereocenters. The zero-order chi connectivity index (χ0) is 14.7. The average molecular weight is 328 g/mol. The van der Waals surface area contributed by atoms with Gasteiger partial charge in [0.2, 0.25) is 0 Å². The molecule has 0 bridgehead atoms. The quantitative estimate of drug-likeness (QED) is 0.714. The molecular weight excluding hydrogens is 313 g/mol. The van der Waals surface area contributed by atoms with Gasteiger partial charge >= 0.3 is 0 Å². The summed E-state index contributed by atoms with van der Waals surface area (Å²) in [6, 6.07) is 9.76. The number of benzene rings is 1. The number of hydrogen-bond donors (Lipinski definition) is 0. The number of aryl methyl sites for hydroxylation is 1. The molecule has 0 radical (unpaired) electrons. The third-order valence-electron chi connectivity index (χ3n) is 3.07. The molecule has 20 heavy (non-hydrogen) atoms. The van der Waals surface area contributed by atoms with Crippen LogP contribution in [0.25, 0.3) is 0 Å². The molecule has 0 saturated carbocycles. The predicted octanol–water partition coefficient (Wildman–Crippen LogP) is 5.07. The van der Waals surface area contributed by atoms with Crippen molar-refractivity contribution in [2.75, 3.05) is 18.0 Å². The van der Waals surface area contributed by atoms with Crippen LogP contribution in [-0.2, 0) is 0 Å². The Morgan fingerprint density at radius 1 is 1.25 bits per heavy atom. The van der Waals surface area contributed by atoms with E-state index in [2.05, 4.69) is 0 Å². The fraction of sp³-hybridized carbons (Fsp3) is 0.267. The van der Waals surface area contributed by atoms with Gasteiger partial charge in [0.25, 0.3) is 0 Å². The number of hydrogen-bond acceptors (Lipinski definition) is 3. The van der Waals surface area contributed by atoms with Gasteiger partial charge in [-0.3, -0.25) is 4.79 Å². The van der Waals surface area contributed by atoms with E-state index in [9.17, 15) is 4.79 Å². The van der Waals surface area contributed by atoms with Gasteiger partial charge in [-0.25, -0.2) is 0 Å². The lowest BCUT2D eigenvalue weighted by Crippen LogP contribution is -2.29. The predicted molar refractivity (Wildman–Crippen MR) is 87.7 cm³/mol. The van der Waals surface area contributed by atoms with E-state index >= 15 is 0 Å². The Labute approximate surface area is 132 Å². The zero-order valence-electron chi connectivity index (χ0n) is 11.3. The van der Waals surface area contributed by atoms with Crippen LogP contribution >= 0.6 is 34.5 Å². The summed E-state index contributed by atoms with van der Waals surface area (Å²) in [6.07, 6.45) is 0. The Hall–Kier alpha value is -1.03. The smallest absolute Gasteiger partial charge is 0.184 e. The number of ketones is 1. The number of likely N-dealkylation sites (N-methyl/N-ethyl adjacent to an activating group) is 1. The van der Waals surface area contributed by atoms with E-state index in [0.717, 1.165) is 12.2 Å². The van der Waals surface area contributed by atoms with Crippen molar-refractivity contribution in [3.05, 3.63) is 50.1 Å². The number of thiophene rings is 1. The van der Waals surface area contributed by atoms with Crippen molar-refractivity contribution >= 4 is 46.0 Å². The molecule has 0 aliphatic heterocycles. The summed E-state index contributed by atoms with van der Waals surface area (Å²) < 4.78 is 0.997. The second-order valence-corrected chi connectivity index (χ2v) is 6.80. The van der Waals surface area contributed by atoms with Crippen LogP contribution in [0.4, 0.5) is 5.69 Å². The van der Waals surface area contributed by atoms with Gasteiger partial charge in [-0.1, -0.05) is 40.9 Å². The van der Waals surface area contributed by atoms with Gasteiger partial charge in [0, 0.05) is 12.2 Å². The standard InChI is InChI=1S/C15H15Cl2NOS/c1-3-18(11-6-4-10(2)5-7-11)9-13(19)12-8-14(16)20-15(12)17/h4-8H,3,9H2,1-2H3. The molecule has 2 rings (SSSR count). The zero-order valence-corrected chi connectivity index (χ0v) is 13.6. The van der Waals surface area contributed by atoms with Crippen LogP contribution in [0, 0.1) is 6.92 Å². The molecule has 1 aromatic carbocycles. The highest BCUT2D eigenvalue weighted by molar-refractivity contribution is 7.20. The Morgan fingerprint density at radius 2 is 1.90 bits per heavy atom. The lowest BCUT2D eigenvalue weighted by molar-refractivity contribution is 0.1000. The maximum Gasteiger partial charge on any atom is 0.184 e. The minimum Gasteiger partial charge on any atom is -0.364 e. The van der Waals surface area contributed by atoms with Crippen LogP contribution in [-0.4, -0.2) is 18.9 Å². The van der Waals surface area contributed by atoms with E-state index in [1.807, 2.05) is 43.0 Å². The van der Waals surface area contributed by atoms with E-state index in [1.165, 1.54) is 16.9 Å². The number of carbonyl (C=O) groups excluding carboxylic acids is 1. The molecule has 0 aliphatic rings. The second kappa shape index (κ2) is 6.61. The molecule has 0 saturated heterocycles. The van der Waals surface area contributed by atoms with E-state index in [1.54, 1.807) is 6.07 Å². The van der Waals surface area contributed by atoms with Gasteiger partial charge in [-0.15, -0.1) is 11.3 Å². The van der Waals surface area contributed by atoms with Crippen molar-refractivity contribution in [1.29, 1.82) is 0 Å². The van der Waals surface area contributed by atoms with E-state index in [-0.39, 0.29) is 5.78 Å². The first-order chi connectivity index (χ1) is 9.51. The molecule has 0 N–H and O–H groups in total. The molecule has 0 fully saturated rings. The van der Waals surface area contributed by atoms with E-state index in [4.69, 9.17) is 23.2 Å². The van der Waals surface area contributed by atoms with Crippen molar-refractivity contribution < 1.29 is 4.79 Å². The normalized spacial score (nSPS) is 10.6. The molecule has 5 heteroatoms. The summed E-state index contributed by atoms with van der Waals surface area (Å²) in [5.41, 5.74) is 2.74. The largest absolute Gasteiger partial charge is 0.364 e. The molecule has 0 aliphatic carbocycles. The molecule has 0 spiro atoms. The van der Waals surface area contributed by atoms with Gasteiger partial charge in [0.05, 0.1) is 16.4 Å². The second-order valence-electron chi connectivity index (χ2n) is 4.51. The molecule has 1 aromatic heterocycles. The van der Waals surface area contributed by atoms with Crippen LogP contribution in [0.2, 0.25) is 8.67 Å². The van der Waals surface area contributed by atoms with Crippen molar-refractivity contribution in [2.24, 2.45) is 0 Å². The third-order valence-corrected chi connectivity index (χ3v) is 4.56. The summed E-state index contributed by atoms with van der Waals surface area (Å²) in [4.78, 5) is 14.3. The Balaban J connectivity index is 2.16. The molecule has 0 amide bonds. The average Bonchev–Trinajstić information content (AvgIpc) is 2.76. The summed E-state index contributed by atoms with van der Waals surface area (Å²) in [6.45, 7) is 5.12. The summed E-state index contributed by atoms with van der Waals surface area (Å²) in [7, 11) is 0. The number of halogens is 2. The molecule has 1 heterocycles. The Morgan fingerprint density at radius 3 is 2.40 bits per heavy atom. The van der Waals surface area contributed by atoms with Gasteiger partial charge in [0.15, 0.2) is 5.78 Å². The minimum atomic E-state index is -0.0134. The first-order valence-electron chi connectivity index (χ1n) is 6.31. The summed E-state index contributed by atoms with van der Waals surface area (Å²) in [5, 5.41) is 0. The molecule has 0 atom stereocenters. The van der Waals surface area contributed by atoms with E-state index in [0.29, 0.717) is 20.8 Å². The third kappa shape index (κ3) is 3.54. The van der Waals surface area contributed by atoms with Gasteiger partial charge in [0.1, 0.15) is 4.34 Å². The topological polar surface area (TPSA) is 20.3 Å². The number of Topliss-reactive ketones (excluding diaryl/α,β-unsaturated/α-hetero) is 1. The van der Waals surface area contributed by atoms with E-state index < -0.39 is 0 Å². The van der Waals surface area contributed by atoms with Gasteiger partial charge in [-0.2, -0.15) is 0 Å².